The molecule has 0 spiro atoms. The number of amides is 1. The lowest BCUT2D eigenvalue weighted by molar-refractivity contribution is -0.123. The second kappa shape index (κ2) is 9.25. The van der Waals surface area contributed by atoms with Crippen LogP contribution in [0.25, 0.3) is 0 Å². The average Bonchev–Trinajstić information content (AvgIpc) is 2.62. The van der Waals surface area contributed by atoms with E-state index in [-0.39, 0.29) is 17.9 Å². The number of nitrogens with two attached hydrogens (primary N) is 1. The third kappa shape index (κ3) is 5.10. The molecule has 0 aliphatic heterocycles. The summed E-state index contributed by atoms with van der Waals surface area (Å²) in [5.74, 6) is 0.219. The molecule has 0 bridgehead atoms. The molecule has 132 valence electrons. The standard InChI is InChI=1S/C19H29N3OS/c1-22(2)17(14-9-11-16(24-3)12-10-14)13-21-19(23)18(20)15-7-5-4-6-8-15/h4-5,9-12,15,17-18H,6-8,13,20H2,1-3H3,(H,21,23). The predicted octanol–water partition coefficient (Wildman–Crippen LogP) is 2.81. The van der Waals surface area contributed by atoms with Gasteiger partial charge in [0.1, 0.15) is 0 Å². The molecular formula is C19H29N3OS. The van der Waals surface area contributed by atoms with Crippen molar-refractivity contribution in [2.75, 3.05) is 26.9 Å². The van der Waals surface area contributed by atoms with Crippen LogP contribution in [0.15, 0.2) is 41.3 Å². The van der Waals surface area contributed by atoms with Gasteiger partial charge in [-0.05, 0) is 63.2 Å². The van der Waals surface area contributed by atoms with Crippen LogP contribution in [0.5, 0.6) is 0 Å². The largest absolute Gasteiger partial charge is 0.353 e. The Balaban J connectivity index is 1.95. The topological polar surface area (TPSA) is 58.4 Å². The van der Waals surface area contributed by atoms with Crippen LogP contribution in [-0.2, 0) is 4.79 Å². The minimum absolute atomic E-state index is 0.0390. The van der Waals surface area contributed by atoms with Crippen molar-refractivity contribution >= 4 is 17.7 Å². The second-order valence-electron chi connectivity index (χ2n) is 6.57. The molecule has 2 rings (SSSR count). The van der Waals surface area contributed by atoms with Gasteiger partial charge >= 0.3 is 0 Å². The van der Waals surface area contributed by atoms with E-state index in [1.165, 1.54) is 10.5 Å². The van der Waals surface area contributed by atoms with Gasteiger partial charge in [0.15, 0.2) is 0 Å². The molecule has 1 aliphatic carbocycles. The Labute approximate surface area is 149 Å². The fraction of sp³-hybridized carbons (Fsp3) is 0.526. The first-order valence-corrected chi connectivity index (χ1v) is 9.74. The van der Waals surface area contributed by atoms with Crippen molar-refractivity contribution in [3.8, 4) is 0 Å². The number of thioether (sulfide) groups is 1. The zero-order valence-corrected chi connectivity index (χ0v) is 15.7. The van der Waals surface area contributed by atoms with Gasteiger partial charge in [0.25, 0.3) is 0 Å². The maximum atomic E-state index is 12.4. The highest BCUT2D eigenvalue weighted by molar-refractivity contribution is 7.98. The lowest BCUT2D eigenvalue weighted by Gasteiger charge is -2.28. The Morgan fingerprint density at radius 1 is 1.33 bits per heavy atom. The molecule has 1 aromatic carbocycles. The van der Waals surface area contributed by atoms with E-state index in [4.69, 9.17) is 5.73 Å². The van der Waals surface area contributed by atoms with Gasteiger partial charge in [-0.1, -0.05) is 24.3 Å². The minimum Gasteiger partial charge on any atom is -0.353 e. The predicted molar refractivity (Wildman–Crippen MR) is 102 cm³/mol. The molecule has 1 amide bonds. The number of likely N-dealkylation sites (N-methyl/N-ethyl adjacent to an activating group) is 1. The minimum atomic E-state index is -0.420. The zero-order chi connectivity index (χ0) is 17.5. The van der Waals surface area contributed by atoms with Gasteiger partial charge in [0.2, 0.25) is 5.91 Å². The van der Waals surface area contributed by atoms with E-state index >= 15 is 0 Å². The van der Waals surface area contributed by atoms with Crippen LogP contribution in [-0.4, -0.2) is 43.7 Å². The summed E-state index contributed by atoms with van der Waals surface area (Å²) in [6.07, 6.45) is 9.30. The maximum absolute atomic E-state index is 12.4. The van der Waals surface area contributed by atoms with Crippen LogP contribution in [0.3, 0.4) is 0 Å². The lowest BCUT2D eigenvalue weighted by atomic mass is 9.87. The molecule has 0 aromatic heterocycles. The van der Waals surface area contributed by atoms with Gasteiger partial charge in [0, 0.05) is 11.4 Å². The molecule has 0 fully saturated rings. The van der Waals surface area contributed by atoms with E-state index in [0.717, 1.165) is 19.3 Å². The number of carbonyl (C=O) groups excluding carboxylic acids is 1. The Morgan fingerprint density at radius 3 is 2.58 bits per heavy atom. The van der Waals surface area contributed by atoms with Crippen LogP contribution >= 0.6 is 11.8 Å². The summed E-state index contributed by atoms with van der Waals surface area (Å²) in [6.45, 7) is 0.570. The molecule has 0 radical (unpaired) electrons. The Hall–Kier alpha value is -1.30. The molecule has 3 unspecified atom stereocenters. The fourth-order valence-electron chi connectivity index (χ4n) is 3.10. The van der Waals surface area contributed by atoms with Gasteiger partial charge < -0.3 is 16.0 Å². The Kier molecular flexibility index (Phi) is 7.34. The third-order valence-corrected chi connectivity index (χ3v) is 5.46. The number of nitrogens with one attached hydrogen (secondary N) is 1. The normalized spacial score (nSPS) is 20.0. The summed E-state index contributed by atoms with van der Waals surface area (Å²) < 4.78 is 0. The molecule has 0 saturated heterocycles. The fourth-order valence-corrected chi connectivity index (χ4v) is 3.51. The number of hydrogen-bond acceptors (Lipinski definition) is 4. The molecule has 3 N–H and O–H groups in total. The Morgan fingerprint density at radius 2 is 2.04 bits per heavy atom. The van der Waals surface area contributed by atoms with Gasteiger partial charge in [-0.3, -0.25) is 4.79 Å². The van der Waals surface area contributed by atoms with E-state index < -0.39 is 6.04 Å². The van der Waals surface area contributed by atoms with Crippen molar-refractivity contribution in [3.63, 3.8) is 0 Å². The van der Waals surface area contributed by atoms with Gasteiger partial charge in [-0.25, -0.2) is 0 Å². The Bertz CT molecular complexity index is 556. The SMILES string of the molecule is CSc1ccc(C(CNC(=O)C(N)C2CC=CCC2)N(C)C)cc1. The molecular weight excluding hydrogens is 318 g/mol. The number of benzene rings is 1. The van der Waals surface area contributed by atoms with Crippen molar-refractivity contribution in [3.05, 3.63) is 42.0 Å². The van der Waals surface area contributed by atoms with E-state index in [1.54, 1.807) is 11.8 Å². The van der Waals surface area contributed by atoms with Crippen LogP contribution in [0.1, 0.15) is 30.9 Å². The van der Waals surface area contributed by atoms with Crippen LogP contribution < -0.4 is 11.1 Å². The zero-order valence-electron chi connectivity index (χ0n) is 14.9. The van der Waals surface area contributed by atoms with Gasteiger partial charge in [0.05, 0.1) is 12.1 Å². The lowest BCUT2D eigenvalue weighted by Crippen LogP contribution is -2.47. The highest BCUT2D eigenvalue weighted by atomic mass is 32.2. The number of allylic oxidation sites excluding steroid dienone is 2. The molecule has 0 saturated carbocycles. The smallest absolute Gasteiger partial charge is 0.237 e. The quantitative estimate of drug-likeness (QED) is 0.588. The summed E-state index contributed by atoms with van der Waals surface area (Å²) in [5.41, 5.74) is 7.37. The first-order valence-electron chi connectivity index (χ1n) is 8.51. The summed E-state index contributed by atoms with van der Waals surface area (Å²) in [4.78, 5) is 15.8. The highest BCUT2D eigenvalue weighted by Gasteiger charge is 2.25. The maximum Gasteiger partial charge on any atom is 0.237 e. The number of hydrogen-bond donors (Lipinski definition) is 2. The third-order valence-electron chi connectivity index (χ3n) is 4.71. The highest BCUT2D eigenvalue weighted by Crippen LogP contribution is 2.23. The summed E-state index contributed by atoms with van der Waals surface area (Å²) in [7, 11) is 4.07. The van der Waals surface area contributed by atoms with Gasteiger partial charge in [-0.15, -0.1) is 11.8 Å². The van der Waals surface area contributed by atoms with Crippen molar-refractivity contribution in [2.45, 2.75) is 36.2 Å². The van der Waals surface area contributed by atoms with E-state index in [9.17, 15) is 4.79 Å². The summed E-state index contributed by atoms with van der Waals surface area (Å²) >= 11 is 1.73. The van der Waals surface area contributed by atoms with Crippen molar-refractivity contribution in [1.82, 2.24) is 10.2 Å². The van der Waals surface area contributed by atoms with Crippen molar-refractivity contribution < 1.29 is 4.79 Å². The first-order chi connectivity index (χ1) is 11.5. The summed E-state index contributed by atoms with van der Waals surface area (Å²) in [6, 6.07) is 8.24. The van der Waals surface area contributed by atoms with E-state index in [1.807, 2.05) is 14.1 Å². The molecule has 1 aliphatic rings. The molecule has 5 heteroatoms. The first kappa shape index (κ1) is 19.0. The van der Waals surface area contributed by atoms with Crippen molar-refractivity contribution in [2.24, 2.45) is 11.7 Å². The second-order valence-corrected chi connectivity index (χ2v) is 7.45. The monoisotopic (exact) mass is 347 g/mol. The van der Waals surface area contributed by atoms with Crippen molar-refractivity contribution in [1.29, 1.82) is 0 Å². The van der Waals surface area contributed by atoms with Gasteiger partial charge in [-0.2, -0.15) is 0 Å². The number of carbonyl (C=O) groups is 1. The van der Waals surface area contributed by atoms with Crippen LogP contribution in [0.4, 0.5) is 0 Å². The average molecular weight is 348 g/mol. The molecule has 0 heterocycles. The van der Waals surface area contributed by atoms with E-state index in [2.05, 4.69) is 52.9 Å². The molecule has 24 heavy (non-hydrogen) atoms. The van der Waals surface area contributed by atoms with Crippen LogP contribution in [0.2, 0.25) is 0 Å². The molecule has 1 aromatic rings. The number of nitrogens with zero attached hydrogens (tertiary/aromatic N) is 1. The summed E-state index contributed by atoms with van der Waals surface area (Å²) in [5, 5.41) is 3.05. The van der Waals surface area contributed by atoms with Crippen LogP contribution in [0, 0.1) is 5.92 Å². The number of rotatable bonds is 7. The molecule has 4 nitrogen and oxygen atoms in total. The van der Waals surface area contributed by atoms with E-state index in [0.29, 0.717) is 6.54 Å². The molecule has 3 atom stereocenters.